The molecule has 6 nitrogen and oxygen atoms in total. The minimum atomic E-state index is -0.138. The lowest BCUT2D eigenvalue weighted by molar-refractivity contribution is -0.123. The van der Waals surface area contributed by atoms with E-state index in [1.807, 2.05) is 19.1 Å². The molecule has 2 N–H and O–H groups in total. The van der Waals surface area contributed by atoms with Gasteiger partial charge in [-0.3, -0.25) is 9.69 Å². The number of ether oxygens (including phenoxy) is 1. The first-order valence-corrected chi connectivity index (χ1v) is 11.7. The van der Waals surface area contributed by atoms with Gasteiger partial charge in [0.2, 0.25) is 5.91 Å². The van der Waals surface area contributed by atoms with Crippen LogP contribution in [0.15, 0.2) is 46.7 Å². The number of amides is 1. The van der Waals surface area contributed by atoms with E-state index >= 15 is 0 Å². The molecule has 6 heteroatoms. The largest absolute Gasteiger partial charge is 0.508 e. The number of rotatable bonds is 5. The van der Waals surface area contributed by atoms with Crippen LogP contribution in [0.2, 0.25) is 0 Å². The predicted molar refractivity (Wildman–Crippen MR) is 128 cm³/mol. The van der Waals surface area contributed by atoms with Crippen LogP contribution in [0.25, 0.3) is 0 Å². The number of anilines is 1. The SMILES string of the molecule is COc1cccc(N2CCN(CC(=O)NC3C4=C(CC3(C)C)C(C)CC(C)=C4O)CC2)c1. The first kappa shape index (κ1) is 22.7. The number of benzene rings is 1. The van der Waals surface area contributed by atoms with Crippen LogP contribution in [0.3, 0.4) is 0 Å². The molecule has 32 heavy (non-hydrogen) atoms. The third kappa shape index (κ3) is 4.38. The Kier molecular flexibility index (Phi) is 6.26. The quantitative estimate of drug-likeness (QED) is 0.729. The van der Waals surface area contributed by atoms with Crippen LogP contribution in [-0.4, -0.2) is 61.8 Å². The summed E-state index contributed by atoms with van der Waals surface area (Å²) in [7, 11) is 1.69. The number of hydrogen-bond acceptors (Lipinski definition) is 5. The Morgan fingerprint density at radius 2 is 1.97 bits per heavy atom. The highest BCUT2D eigenvalue weighted by molar-refractivity contribution is 5.79. The first-order chi connectivity index (χ1) is 15.2. The van der Waals surface area contributed by atoms with Crippen molar-refractivity contribution in [2.24, 2.45) is 11.3 Å². The minimum Gasteiger partial charge on any atom is -0.508 e. The van der Waals surface area contributed by atoms with E-state index in [-0.39, 0.29) is 17.4 Å². The molecule has 2 atom stereocenters. The fraction of sp³-hybridized carbons (Fsp3) is 0.577. The van der Waals surface area contributed by atoms with E-state index in [0.717, 1.165) is 61.6 Å². The van der Waals surface area contributed by atoms with Crippen molar-refractivity contribution >= 4 is 11.6 Å². The molecule has 2 unspecified atom stereocenters. The van der Waals surface area contributed by atoms with Gasteiger partial charge < -0.3 is 20.1 Å². The highest BCUT2D eigenvalue weighted by Crippen LogP contribution is 2.50. The second kappa shape index (κ2) is 8.81. The summed E-state index contributed by atoms with van der Waals surface area (Å²) in [5.41, 5.74) is 4.38. The molecule has 0 bridgehead atoms. The van der Waals surface area contributed by atoms with Gasteiger partial charge in [0.15, 0.2) is 0 Å². The molecule has 1 aromatic rings. The van der Waals surface area contributed by atoms with Gasteiger partial charge in [-0.2, -0.15) is 0 Å². The Bertz CT molecular complexity index is 941. The van der Waals surface area contributed by atoms with E-state index in [4.69, 9.17) is 4.74 Å². The third-order valence-electron chi connectivity index (χ3n) is 7.39. The van der Waals surface area contributed by atoms with Crippen molar-refractivity contribution in [3.05, 3.63) is 46.7 Å². The summed E-state index contributed by atoms with van der Waals surface area (Å²) >= 11 is 0. The van der Waals surface area contributed by atoms with Gasteiger partial charge in [-0.25, -0.2) is 0 Å². The summed E-state index contributed by atoms with van der Waals surface area (Å²) in [5.74, 6) is 1.73. The van der Waals surface area contributed by atoms with Crippen molar-refractivity contribution in [3.63, 3.8) is 0 Å². The van der Waals surface area contributed by atoms with Crippen molar-refractivity contribution < 1.29 is 14.6 Å². The van der Waals surface area contributed by atoms with E-state index in [0.29, 0.717) is 18.2 Å². The molecule has 174 valence electrons. The lowest BCUT2D eigenvalue weighted by atomic mass is 9.83. The molecule has 3 aliphatic rings. The van der Waals surface area contributed by atoms with Crippen molar-refractivity contribution in [2.75, 3.05) is 44.7 Å². The van der Waals surface area contributed by atoms with Gasteiger partial charge in [0.1, 0.15) is 11.5 Å². The van der Waals surface area contributed by atoms with Crippen molar-refractivity contribution in [1.82, 2.24) is 10.2 Å². The van der Waals surface area contributed by atoms with Gasteiger partial charge in [0, 0.05) is 43.5 Å². The Balaban J connectivity index is 1.37. The summed E-state index contributed by atoms with van der Waals surface area (Å²) in [4.78, 5) is 17.6. The Hall–Kier alpha value is -2.47. The van der Waals surface area contributed by atoms with Crippen LogP contribution in [0.5, 0.6) is 5.75 Å². The van der Waals surface area contributed by atoms with Gasteiger partial charge in [-0.05, 0) is 48.8 Å². The van der Waals surface area contributed by atoms with E-state index in [2.05, 4.69) is 48.0 Å². The number of piperazine rings is 1. The van der Waals surface area contributed by atoms with Crippen LogP contribution in [0.4, 0.5) is 5.69 Å². The summed E-state index contributed by atoms with van der Waals surface area (Å²) in [6.07, 6.45) is 1.82. The third-order valence-corrected chi connectivity index (χ3v) is 7.39. The summed E-state index contributed by atoms with van der Waals surface area (Å²) in [6.45, 7) is 12.4. The van der Waals surface area contributed by atoms with E-state index in [1.165, 1.54) is 5.57 Å². The lowest BCUT2D eigenvalue weighted by Gasteiger charge is -2.36. The number of carbonyl (C=O) groups excluding carboxylic acids is 1. The minimum absolute atomic E-state index is 0.0373. The molecule has 1 saturated heterocycles. The molecule has 1 aliphatic heterocycles. The van der Waals surface area contributed by atoms with Crippen LogP contribution >= 0.6 is 0 Å². The Morgan fingerprint density at radius 1 is 1.25 bits per heavy atom. The maximum Gasteiger partial charge on any atom is 0.234 e. The number of nitrogens with one attached hydrogen (secondary N) is 1. The molecule has 1 fully saturated rings. The molecule has 0 spiro atoms. The van der Waals surface area contributed by atoms with Gasteiger partial charge >= 0.3 is 0 Å². The topological polar surface area (TPSA) is 65.0 Å². The van der Waals surface area contributed by atoms with E-state index in [9.17, 15) is 9.90 Å². The molecule has 1 amide bonds. The van der Waals surface area contributed by atoms with Crippen LogP contribution in [-0.2, 0) is 4.79 Å². The summed E-state index contributed by atoms with van der Waals surface area (Å²) in [6, 6.07) is 7.99. The maximum atomic E-state index is 13.0. The maximum absolute atomic E-state index is 13.0. The number of aliphatic hydroxyl groups is 1. The van der Waals surface area contributed by atoms with Gasteiger partial charge in [-0.15, -0.1) is 0 Å². The zero-order valence-electron chi connectivity index (χ0n) is 20.1. The molecule has 0 radical (unpaired) electrons. The van der Waals surface area contributed by atoms with Crippen molar-refractivity contribution in [2.45, 2.75) is 46.6 Å². The van der Waals surface area contributed by atoms with Crippen LogP contribution in [0, 0.1) is 11.3 Å². The predicted octanol–water partition coefficient (Wildman–Crippen LogP) is 3.90. The second-order valence-electron chi connectivity index (χ2n) is 10.3. The summed E-state index contributed by atoms with van der Waals surface area (Å²) in [5, 5.41) is 14.1. The molecule has 4 rings (SSSR count). The smallest absolute Gasteiger partial charge is 0.234 e. The highest BCUT2D eigenvalue weighted by atomic mass is 16.5. The molecule has 0 aromatic heterocycles. The molecule has 1 aromatic carbocycles. The normalized spacial score (nSPS) is 25.7. The molecule has 0 saturated carbocycles. The monoisotopic (exact) mass is 439 g/mol. The highest BCUT2D eigenvalue weighted by Gasteiger charge is 2.46. The number of aliphatic hydroxyl groups excluding tert-OH is 1. The fourth-order valence-corrected chi connectivity index (χ4v) is 5.55. The van der Waals surface area contributed by atoms with Gasteiger partial charge in [0.25, 0.3) is 0 Å². The fourth-order valence-electron chi connectivity index (χ4n) is 5.55. The number of hydrogen-bond donors (Lipinski definition) is 2. The zero-order valence-corrected chi connectivity index (χ0v) is 20.1. The lowest BCUT2D eigenvalue weighted by Crippen LogP contribution is -2.52. The van der Waals surface area contributed by atoms with Gasteiger partial charge in [-0.1, -0.05) is 32.4 Å². The van der Waals surface area contributed by atoms with Crippen LogP contribution in [0.1, 0.15) is 40.5 Å². The van der Waals surface area contributed by atoms with E-state index < -0.39 is 0 Å². The van der Waals surface area contributed by atoms with Crippen molar-refractivity contribution in [3.8, 4) is 5.75 Å². The molecular weight excluding hydrogens is 402 g/mol. The second-order valence-corrected chi connectivity index (χ2v) is 10.3. The number of nitrogens with zero attached hydrogens (tertiary/aromatic N) is 2. The van der Waals surface area contributed by atoms with E-state index in [1.54, 1.807) is 7.11 Å². The molecular formula is C26H37N3O3. The van der Waals surface area contributed by atoms with Crippen LogP contribution < -0.4 is 15.0 Å². The Morgan fingerprint density at radius 3 is 2.66 bits per heavy atom. The molecule has 2 aliphatic carbocycles. The molecule has 1 heterocycles. The number of methoxy groups -OCH3 is 1. The number of allylic oxidation sites excluding steroid dienone is 2. The standard InChI is InChI=1S/C26H37N3O3/c1-17-13-18(2)24(31)23-21(17)15-26(3,4)25(23)27-22(30)16-28-9-11-29(12-10-28)19-7-6-8-20(14-19)32-5/h6-8,14,17,25,31H,9-13,15-16H2,1-5H3,(H,27,30). The first-order valence-electron chi connectivity index (χ1n) is 11.7. The Labute approximate surface area is 191 Å². The summed E-state index contributed by atoms with van der Waals surface area (Å²) < 4.78 is 5.34. The van der Waals surface area contributed by atoms with Gasteiger partial charge in [0.05, 0.1) is 19.7 Å². The number of carbonyl (C=O) groups is 1. The zero-order chi connectivity index (χ0) is 23.0. The average molecular weight is 440 g/mol. The van der Waals surface area contributed by atoms with Crippen molar-refractivity contribution in [1.29, 1.82) is 0 Å². The average Bonchev–Trinajstić information content (AvgIpc) is 3.03.